The van der Waals surface area contributed by atoms with Crippen LogP contribution in [0.4, 0.5) is 0 Å². The first-order chi connectivity index (χ1) is 8.99. The maximum Gasteiger partial charge on any atom is 0.149 e. The predicted octanol–water partition coefficient (Wildman–Crippen LogP) is 5.09. The molecule has 1 aromatic carbocycles. The summed E-state index contributed by atoms with van der Waals surface area (Å²) in [4.78, 5) is 11.5. The Hall–Kier alpha value is -0.750. The van der Waals surface area contributed by atoms with E-state index in [1.165, 1.54) is 0 Å². The highest BCUT2D eigenvalue weighted by molar-refractivity contribution is 6.43. The van der Waals surface area contributed by atoms with Gasteiger partial charge in [-0.2, -0.15) is 5.26 Å². The van der Waals surface area contributed by atoms with Crippen LogP contribution in [-0.4, -0.2) is 5.78 Å². The molecule has 1 unspecified atom stereocenters. The molecule has 0 heterocycles. The Labute approximate surface area is 128 Å². The normalized spacial score (nSPS) is 11.9. The number of nitrogens with zero attached hydrogens (tertiary/aromatic N) is 1. The van der Waals surface area contributed by atoms with Crippen LogP contribution in [0.2, 0.25) is 15.1 Å². The SMILES string of the molecule is CCC(=O)C(C#N)CCCc1cc(Cl)c(Cl)cc1Cl. The van der Waals surface area contributed by atoms with Crippen molar-refractivity contribution in [3.63, 3.8) is 0 Å². The number of Topliss-reactive ketones (excluding diaryl/α,β-unsaturated/α-hetero) is 1. The van der Waals surface area contributed by atoms with Gasteiger partial charge in [0, 0.05) is 11.4 Å². The Bertz CT molecular complexity index is 508. The average molecular weight is 319 g/mol. The second-order valence-electron chi connectivity index (χ2n) is 4.25. The third-order valence-electron chi connectivity index (χ3n) is 2.92. The molecule has 102 valence electrons. The summed E-state index contributed by atoms with van der Waals surface area (Å²) in [6, 6.07) is 5.39. The van der Waals surface area contributed by atoms with Crippen LogP contribution >= 0.6 is 34.8 Å². The lowest BCUT2D eigenvalue weighted by Crippen LogP contribution is -2.11. The molecule has 0 spiro atoms. The molecule has 1 atom stereocenters. The lowest BCUT2D eigenvalue weighted by molar-refractivity contribution is -0.121. The number of ketones is 1. The van der Waals surface area contributed by atoms with E-state index in [1.54, 1.807) is 19.1 Å². The summed E-state index contributed by atoms with van der Waals surface area (Å²) in [5.41, 5.74) is 0.886. The van der Waals surface area contributed by atoms with Crippen LogP contribution in [0.3, 0.4) is 0 Å². The van der Waals surface area contributed by atoms with Gasteiger partial charge in [0.05, 0.1) is 16.1 Å². The molecule has 1 rings (SSSR count). The number of rotatable bonds is 6. The van der Waals surface area contributed by atoms with Gasteiger partial charge in [0.25, 0.3) is 0 Å². The molecule has 0 saturated carbocycles. The molecule has 0 bridgehead atoms. The van der Waals surface area contributed by atoms with E-state index in [4.69, 9.17) is 40.1 Å². The lowest BCUT2D eigenvalue weighted by Gasteiger charge is -2.08. The van der Waals surface area contributed by atoms with Crippen molar-refractivity contribution in [1.82, 2.24) is 0 Å². The van der Waals surface area contributed by atoms with Gasteiger partial charge < -0.3 is 0 Å². The predicted molar refractivity (Wildman–Crippen MR) is 78.8 cm³/mol. The summed E-state index contributed by atoms with van der Waals surface area (Å²) in [7, 11) is 0. The van der Waals surface area contributed by atoms with Crippen LogP contribution < -0.4 is 0 Å². The number of halogens is 3. The number of benzene rings is 1. The van der Waals surface area contributed by atoms with Crippen LogP contribution in [0.5, 0.6) is 0 Å². The van der Waals surface area contributed by atoms with Gasteiger partial charge in [-0.25, -0.2) is 0 Å². The molecule has 0 amide bonds. The molecular weight excluding hydrogens is 305 g/mol. The number of hydrogen-bond acceptors (Lipinski definition) is 2. The third-order valence-corrected chi connectivity index (χ3v) is 4.00. The maximum absolute atomic E-state index is 11.5. The smallest absolute Gasteiger partial charge is 0.149 e. The zero-order valence-corrected chi connectivity index (χ0v) is 12.8. The summed E-state index contributed by atoms with van der Waals surface area (Å²) in [6.45, 7) is 1.77. The zero-order chi connectivity index (χ0) is 14.4. The van der Waals surface area contributed by atoms with Gasteiger partial charge >= 0.3 is 0 Å². The molecule has 0 aromatic heterocycles. The molecule has 0 aliphatic rings. The molecule has 5 heteroatoms. The van der Waals surface area contributed by atoms with E-state index in [0.29, 0.717) is 40.8 Å². The molecule has 1 aromatic rings. The summed E-state index contributed by atoms with van der Waals surface area (Å²) in [5.74, 6) is -0.533. The summed E-state index contributed by atoms with van der Waals surface area (Å²) in [6.07, 6.45) is 2.32. The first-order valence-electron chi connectivity index (χ1n) is 6.05. The number of carbonyl (C=O) groups excluding carboxylic acids is 1. The Morgan fingerprint density at radius 3 is 2.47 bits per heavy atom. The van der Waals surface area contributed by atoms with E-state index in [1.807, 2.05) is 6.07 Å². The van der Waals surface area contributed by atoms with Crippen molar-refractivity contribution in [1.29, 1.82) is 5.26 Å². The Balaban J connectivity index is 2.61. The van der Waals surface area contributed by atoms with Crippen molar-refractivity contribution >= 4 is 40.6 Å². The fraction of sp³-hybridized carbons (Fsp3) is 0.429. The highest BCUT2D eigenvalue weighted by Crippen LogP contribution is 2.30. The van der Waals surface area contributed by atoms with Gasteiger partial charge in [0.15, 0.2) is 0 Å². The molecule has 0 radical (unpaired) electrons. The highest BCUT2D eigenvalue weighted by atomic mass is 35.5. The molecule has 0 aliphatic carbocycles. The van der Waals surface area contributed by atoms with Gasteiger partial charge in [-0.1, -0.05) is 41.7 Å². The van der Waals surface area contributed by atoms with Crippen LogP contribution in [0.25, 0.3) is 0 Å². The van der Waals surface area contributed by atoms with E-state index < -0.39 is 5.92 Å². The van der Waals surface area contributed by atoms with Crippen LogP contribution in [0.15, 0.2) is 12.1 Å². The van der Waals surface area contributed by atoms with Crippen LogP contribution in [0, 0.1) is 17.2 Å². The average Bonchev–Trinajstić information content (AvgIpc) is 2.39. The number of carbonyl (C=O) groups is 1. The van der Waals surface area contributed by atoms with E-state index >= 15 is 0 Å². The Morgan fingerprint density at radius 2 is 1.89 bits per heavy atom. The van der Waals surface area contributed by atoms with Crippen molar-refractivity contribution in [2.75, 3.05) is 0 Å². The van der Waals surface area contributed by atoms with Gasteiger partial charge in [-0.05, 0) is 37.0 Å². The monoisotopic (exact) mass is 317 g/mol. The molecule has 0 N–H and O–H groups in total. The lowest BCUT2D eigenvalue weighted by atomic mass is 9.96. The second kappa shape index (κ2) is 7.75. The van der Waals surface area contributed by atoms with Gasteiger partial charge in [0.1, 0.15) is 11.7 Å². The fourth-order valence-electron chi connectivity index (χ4n) is 1.80. The maximum atomic E-state index is 11.5. The summed E-state index contributed by atoms with van der Waals surface area (Å²) < 4.78 is 0. The van der Waals surface area contributed by atoms with Gasteiger partial charge in [-0.15, -0.1) is 0 Å². The first-order valence-corrected chi connectivity index (χ1v) is 7.18. The largest absolute Gasteiger partial charge is 0.298 e. The van der Waals surface area contributed by atoms with Crippen molar-refractivity contribution in [2.24, 2.45) is 5.92 Å². The molecule has 2 nitrogen and oxygen atoms in total. The number of hydrogen-bond donors (Lipinski definition) is 0. The van der Waals surface area contributed by atoms with E-state index in [0.717, 1.165) is 5.56 Å². The van der Waals surface area contributed by atoms with Gasteiger partial charge in [0.2, 0.25) is 0 Å². The minimum absolute atomic E-state index is 0.0114. The Kier molecular flexibility index (Phi) is 6.65. The van der Waals surface area contributed by atoms with Crippen molar-refractivity contribution in [3.05, 3.63) is 32.8 Å². The first kappa shape index (κ1) is 16.3. The van der Waals surface area contributed by atoms with E-state index in [9.17, 15) is 4.79 Å². The minimum Gasteiger partial charge on any atom is -0.298 e. The minimum atomic E-state index is -0.522. The molecular formula is C14H14Cl3NO. The topological polar surface area (TPSA) is 40.9 Å². The zero-order valence-electron chi connectivity index (χ0n) is 10.5. The number of aryl methyl sites for hydroxylation is 1. The summed E-state index contributed by atoms with van der Waals surface area (Å²) >= 11 is 17.8. The standard InChI is InChI=1S/C14H14Cl3NO/c1-2-14(19)10(8-18)5-3-4-9-6-12(16)13(17)7-11(9)15/h6-7,10H,2-5H2,1H3. The van der Waals surface area contributed by atoms with Crippen molar-refractivity contribution in [2.45, 2.75) is 32.6 Å². The van der Waals surface area contributed by atoms with Gasteiger partial charge in [-0.3, -0.25) is 4.79 Å². The molecule has 19 heavy (non-hydrogen) atoms. The fourth-order valence-corrected chi connectivity index (χ4v) is 2.46. The van der Waals surface area contributed by atoms with E-state index in [2.05, 4.69) is 0 Å². The second-order valence-corrected chi connectivity index (χ2v) is 5.47. The quantitative estimate of drug-likeness (QED) is 0.686. The summed E-state index contributed by atoms with van der Waals surface area (Å²) in [5, 5.41) is 10.4. The van der Waals surface area contributed by atoms with Crippen molar-refractivity contribution in [3.8, 4) is 6.07 Å². The van der Waals surface area contributed by atoms with Crippen molar-refractivity contribution < 1.29 is 4.79 Å². The molecule has 0 saturated heterocycles. The third kappa shape index (κ3) is 4.69. The Morgan fingerprint density at radius 1 is 1.26 bits per heavy atom. The molecule has 0 aliphatic heterocycles. The van der Waals surface area contributed by atoms with Crippen LogP contribution in [0.1, 0.15) is 31.7 Å². The van der Waals surface area contributed by atoms with E-state index in [-0.39, 0.29) is 5.78 Å². The molecule has 0 fully saturated rings. The van der Waals surface area contributed by atoms with Crippen LogP contribution in [-0.2, 0) is 11.2 Å². The highest BCUT2D eigenvalue weighted by Gasteiger charge is 2.15. The number of nitriles is 1.